The summed E-state index contributed by atoms with van der Waals surface area (Å²) in [5.41, 5.74) is 6.37. The highest BCUT2D eigenvalue weighted by molar-refractivity contribution is 5.18. The lowest BCUT2D eigenvalue weighted by atomic mass is 9.74. The fourth-order valence-electron chi connectivity index (χ4n) is 2.43. The highest BCUT2D eigenvalue weighted by atomic mass is 19.4. The summed E-state index contributed by atoms with van der Waals surface area (Å²) in [5.74, 6) is -1.20. The fraction of sp³-hybridized carbons (Fsp3) is 0.727. The van der Waals surface area contributed by atoms with Crippen LogP contribution in [0.2, 0.25) is 0 Å². The van der Waals surface area contributed by atoms with E-state index >= 15 is 0 Å². The van der Waals surface area contributed by atoms with Gasteiger partial charge in [-0.1, -0.05) is 0 Å². The van der Waals surface area contributed by atoms with Gasteiger partial charge in [0.05, 0.1) is 12.1 Å². The van der Waals surface area contributed by atoms with Crippen molar-refractivity contribution < 1.29 is 13.2 Å². The Kier molecular flexibility index (Phi) is 2.93. The van der Waals surface area contributed by atoms with Gasteiger partial charge < -0.3 is 5.73 Å². The standard InChI is InChI=1S/C11H16F3N3/c1-17-7-9(6-16-17)10(15)4-2-8(3-5-10)11(12,13)14/h6-8H,2-5,15H2,1H3. The van der Waals surface area contributed by atoms with E-state index in [1.54, 1.807) is 24.1 Å². The molecule has 2 rings (SSSR count). The molecule has 0 spiro atoms. The first-order valence-electron chi connectivity index (χ1n) is 5.66. The van der Waals surface area contributed by atoms with E-state index < -0.39 is 17.6 Å². The molecule has 0 aliphatic heterocycles. The van der Waals surface area contributed by atoms with Crippen molar-refractivity contribution in [2.75, 3.05) is 0 Å². The van der Waals surface area contributed by atoms with Crippen molar-refractivity contribution in [3.8, 4) is 0 Å². The molecule has 0 bridgehead atoms. The van der Waals surface area contributed by atoms with E-state index in [4.69, 9.17) is 5.73 Å². The first-order valence-corrected chi connectivity index (χ1v) is 5.66. The molecular weight excluding hydrogens is 231 g/mol. The first-order chi connectivity index (χ1) is 7.81. The van der Waals surface area contributed by atoms with Crippen LogP contribution in [0, 0.1) is 5.92 Å². The maximum absolute atomic E-state index is 12.5. The second kappa shape index (κ2) is 4.01. The van der Waals surface area contributed by atoms with Gasteiger partial charge >= 0.3 is 6.18 Å². The fourth-order valence-corrected chi connectivity index (χ4v) is 2.43. The SMILES string of the molecule is Cn1cc(C2(N)CCC(C(F)(F)F)CC2)cn1. The lowest BCUT2D eigenvalue weighted by molar-refractivity contribution is -0.184. The summed E-state index contributed by atoms with van der Waals surface area (Å²) >= 11 is 0. The summed E-state index contributed by atoms with van der Waals surface area (Å²) in [4.78, 5) is 0. The summed E-state index contributed by atoms with van der Waals surface area (Å²) < 4.78 is 39.3. The van der Waals surface area contributed by atoms with Gasteiger partial charge in [0, 0.05) is 24.3 Å². The molecule has 0 radical (unpaired) electrons. The van der Waals surface area contributed by atoms with Crippen molar-refractivity contribution in [2.45, 2.75) is 37.4 Å². The van der Waals surface area contributed by atoms with E-state index in [1.807, 2.05) is 0 Å². The normalized spacial score (nSPS) is 30.5. The van der Waals surface area contributed by atoms with Gasteiger partial charge in [0.25, 0.3) is 0 Å². The van der Waals surface area contributed by atoms with E-state index in [-0.39, 0.29) is 12.8 Å². The van der Waals surface area contributed by atoms with Gasteiger partial charge in [-0.3, -0.25) is 4.68 Å². The number of rotatable bonds is 1. The highest BCUT2D eigenvalue weighted by Crippen LogP contribution is 2.43. The summed E-state index contributed by atoms with van der Waals surface area (Å²) in [5, 5.41) is 4.02. The zero-order valence-corrected chi connectivity index (χ0v) is 9.67. The van der Waals surface area contributed by atoms with Crippen LogP contribution in [0.25, 0.3) is 0 Å². The second-order valence-electron chi connectivity index (χ2n) is 4.87. The molecule has 1 aliphatic carbocycles. The van der Waals surface area contributed by atoms with Gasteiger partial charge in [0.1, 0.15) is 0 Å². The number of aromatic nitrogens is 2. The molecule has 1 aliphatic rings. The zero-order valence-electron chi connectivity index (χ0n) is 9.67. The highest BCUT2D eigenvalue weighted by Gasteiger charge is 2.45. The van der Waals surface area contributed by atoms with E-state index in [0.29, 0.717) is 12.8 Å². The topological polar surface area (TPSA) is 43.8 Å². The number of nitrogens with zero attached hydrogens (tertiary/aromatic N) is 2. The molecule has 2 N–H and O–H groups in total. The van der Waals surface area contributed by atoms with Crippen LogP contribution in [0.5, 0.6) is 0 Å². The Hall–Kier alpha value is -1.04. The number of nitrogens with two attached hydrogens (primary N) is 1. The maximum Gasteiger partial charge on any atom is 0.391 e. The number of hydrogen-bond donors (Lipinski definition) is 1. The van der Waals surface area contributed by atoms with Crippen LogP contribution in [0.1, 0.15) is 31.2 Å². The molecule has 0 aromatic carbocycles. The minimum atomic E-state index is -4.09. The Morgan fingerprint density at radius 3 is 2.41 bits per heavy atom. The summed E-state index contributed by atoms with van der Waals surface area (Å²) in [7, 11) is 1.77. The molecule has 1 aromatic rings. The van der Waals surface area contributed by atoms with Gasteiger partial charge in [-0.25, -0.2) is 0 Å². The molecule has 0 atom stereocenters. The van der Waals surface area contributed by atoms with Crippen LogP contribution in [0.3, 0.4) is 0 Å². The lowest BCUT2D eigenvalue weighted by Gasteiger charge is -2.37. The summed E-state index contributed by atoms with van der Waals surface area (Å²) in [6.07, 6.45) is 0.285. The van der Waals surface area contributed by atoms with Crippen molar-refractivity contribution in [3.05, 3.63) is 18.0 Å². The quantitative estimate of drug-likeness (QED) is 0.827. The van der Waals surface area contributed by atoms with Gasteiger partial charge in [0.15, 0.2) is 0 Å². The Morgan fingerprint density at radius 2 is 2.00 bits per heavy atom. The third-order valence-corrected chi connectivity index (χ3v) is 3.62. The third-order valence-electron chi connectivity index (χ3n) is 3.62. The van der Waals surface area contributed by atoms with Crippen LogP contribution < -0.4 is 5.73 Å². The molecule has 1 saturated carbocycles. The number of halogens is 3. The van der Waals surface area contributed by atoms with Gasteiger partial charge in [-0.2, -0.15) is 18.3 Å². The minimum absolute atomic E-state index is 0.106. The number of aryl methyl sites for hydroxylation is 1. The minimum Gasteiger partial charge on any atom is -0.321 e. The van der Waals surface area contributed by atoms with Crippen molar-refractivity contribution in [1.82, 2.24) is 9.78 Å². The van der Waals surface area contributed by atoms with Crippen molar-refractivity contribution in [2.24, 2.45) is 18.7 Å². The Bertz CT molecular complexity index is 389. The average Bonchev–Trinajstić information content (AvgIpc) is 2.65. The van der Waals surface area contributed by atoms with Crippen LogP contribution in [0.15, 0.2) is 12.4 Å². The number of hydrogen-bond acceptors (Lipinski definition) is 2. The molecule has 3 nitrogen and oxygen atoms in total. The van der Waals surface area contributed by atoms with Crippen LogP contribution in [-0.2, 0) is 12.6 Å². The maximum atomic E-state index is 12.5. The molecule has 6 heteroatoms. The molecule has 96 valence electrons. The molecule has 0 unspecified atom stereocenters. The third kappa shape index (κ3) is 2.46. The number of alkyl halides is 3. The molecule has 17 heavy (non-hydrogen) atoms. The van der Waals surface area contributed by atoms with Crippen LogP contribution in [0.4, 0.5) is 13.2 Å². The predicted molar refractivity (Wildman–Crippen MR) is 57.1 cm³/mol. The first kappa shape index (κ1) is 12.4. The van der Waals surface area contributed by atoms with E-state index in [1.165, 1.54) is 0 Å². The molecule has 1 heterocycles. The van der Waals surface area contributed by atoms with Crippen molar-refractivity contribution in [3.63, 3.8) is 0 Å². The Balaban J connectivity index is 2.07. The lowest BCUT2D eigenvalue weighted by Crippen LogP contribution is -2.42. The van der Waals surface area contributed by atoms with E-state index in [9.17, 15) is 13.2 Å². The van der Waals surface area contributed by atoms with Gasteiger partial charge in [-0.05, 0) is 25.7 Å². The van der Waals surface area contributed by atoms with Crippen LogP contribution in [-0.4, -0.2) is 16.0 Å². The molecule has 0 saturated heterocycles. The largest absolute Gasteiger partial charge is 0.391 e. The summed E-state index contributed by atoms with van der Waals surface area (Å²) in [6.45, 7) is 0. The van der Waals surface area contributed by atoms with Crippen molar-refractivity contribution in [1.29, 1.82) is 0 Å². The predicted octanol–water partition coefficient (Wildman–Crippen LogP) is 2.33. The average molecular weight is 247 g/mol. The Labute approximate surface area is 97.8 Å². The van der Waals surface area contributed by atoms with Gasteiger partial charge in [-0.15, -0.1) is 0 Å². The van der Waals surface area contributed by atoms with E-state index in [0.717, 1.165) is 5.56 Å². The molecule has 1 aromatic heterocycles. The Morgan fingerprint density at radius 1 is 1.41 bits per heavy atom. The van der Waals surface area contributed by atoms with Gasteiger partial charge in [0.2, 0.25) is 0 Å². The molecule has 1 fully saturated rings. The monoisotopic (exact) mass is 247 g/mol. The summed E-state index contributed by atoms with van der Waals surface area (Å²) in [6, 6.07) is 0. The van der Waals surface area contributed by atoms with E-state index in [2.05, 4.69) is 5.10 Å². The van der Waals surface area contributed by atoms with Crippen molar-refractivity contribution >= 4 is 0 Å². The molecular formula is C11H16F3N3. The van der Waals surface area contributed by atoms with Crippen LogP contribution >= 0.6 is 0 Å². The second-order valence-corrected chi connectivity index (χ2v) is 4.87. The smallest absolute Gasteiger partial charge is 0.321 e. The zero-order chi connectivity index (χ0) is 12.7. The molecule has 0 amide bonds.